The first-order chi connectivity index (χ1) is 15.1. The second-order valence-corrected chi connectivity index (χ2v) is 9.49. The molecule has 1 aliphatic carbocycles. The summed E-state index contributed by atoms with van der Waals surface area (Å²) in [5, 5.41) is 4.24. The van der Waals surface area contributed by atoms with Crippen LogP contribution in [0.15, 0.2) is 42.5 Å². The number of carbonyl (C=O) groups is 1. The fraction of sp³-hybridized carbons (Fsp3) is 0.480. The molecule has 2 fully saturated rings. The van der Waals surface area contributed by atoms with E-state index < -0.39 is 5.41 Å². The zero-order valence-electron chi connectivity index (χ0n) is 17.8. The largest absolute Gasteiger partial charge is 0.494 e. The lowest BCUT2D eigenvalue weighted by Gasteiger charge is -2.29. The van der Waals surface area contributed by atoms with Gasteiger partial charge in [0.15, 0.2) is 0 Å². The molecule has 1 amide bonds. The van der Waals surface area contributed by atoms with Gasteiger partial charge in [0, 0.05) is 22.3 Å². The van der Waals surface area contributed by atoms with Crippen molar-refractivity contribution in [3.8, 4) is 5.75 Å². The van der Waals surface area contributed by atoms with Crippen LogP contribution in [0.4, 0.5) is 5.69 Å². The zero-order valence-corrected chi connectivity index (χ0v) is 19.4. The molecule has 1 saturated carbocycles. The van der Waals surface area contributed by atoms with Gasteiger partial charge < -0.3 is 15.0 Å². The number of nitrogens with zero attached hydrogens (tertiary/aromatic N) is 1. The molecule has 31 heavy (non-hydrogen) atoms. The lowest BCUT2D eigenvalue weighted by Crippen LogP contribution is -2.38. The Morgan fingerprint density at radius 1 is 1.00 bits per heavy atom. The van der Waals surface area contributed by atoms with Crippen LogP contribution >= 0.6 is 23.2 Å². The monoisotopic (exact) mass is 460 g/mol. The smallest absolute Gasteiger partial charge is 0.235 e. The summed E-state index contributed by atoms with van der Waals surface area (Å²) in [5.74, 6) is 0.823. The van der Waals surface area contributed by atoms with Gasteiger partial charge in [-0.1, -0.05) is 42.1 Å². The van der Waals surface area contributed by atoms with Crippen molar-refractivity contribution in [2.45, 2.75) is 50.4 Å². The third kappa shape index (κ3) is 5.36. The summed E-state index contributed by atoms with van der Waals surface area (Å²) in [6.45, 7) is 4.25. The van der Waals surface area contributed by atoms with E-state index in [2.05, 4.69) is 10.2 Å². The standard InChI is InChI=1S/C25H30Cl2N2O2/c26-19-6-11-22(23(27)18-19)25(12-1-2-13-25)24(30)28-20-7-9-21(10-8-20)31-17-5-16-29-14-3-4-15-29/h6-11,18H,1-5,12-17H2,(H,28,30). The van der Waals surface area contributed by atoms with Gasteiger partial charge in [-0.05, 0) is 87.2 Å². The molecule has 0 bridgehead atoms. The molecule has 2 aromatic rings. The average molecular weight is 461 g/mol. The van der Waals surface area contributed by atoms with Gasteiger partial charge in [-0.25, -0.2) is 0 Å². The highest BCUT2D eigenvalue weighted by atomic mass is 35.5. The van der Waals surface area contributed by atoms with E-state index >= 15 is 0 Å². The molecule has 6 heteroatoms. The van der Waals surface area contributed by atoms with E-state index in [0.29, 0.717) is 16.7 Å². The average Bonchev–Trinajstić information content (AvgIpc) is 3.45. The van der Waals surface area contributed by atoms with E-state index in [4.69, 9.17) is 27.9 Å². The Hall–Kier alpha value is -1.75. The van der Waals surface area contributed by atoms with E-state index in [1.807, 2.05) is 36.4 Å². The SMILES string of the molecule is O=C(Nc1ccc(OCCCN2CCCC2)cc1)C1(c2ccc(Cl)cc2Cl)CCCC1. The van der Waals surface area contributed by atoms with Gasteiger partial charge in [-0.3, -0.25) is 4.79 Å². The van der Waals surface area contributed by atoms with Gasteiger partial charge in [0.2, 0.25) is 5.91 Å². The maximum absolute atomic E-state index is 13.4. The molecule has 2 aliphatic rings. The molecule has 166 valence electrons. The molecule has 4 rings (SSSR count). The summed E-state index contributed by atoms with van der Waals surface area (Å²) in [6.07, 6.45) is 7.27. The maximum Gasteiger partial charge on any atom is 0.235 e. The van der Waals surface area contributed by atoms with Gasteiger partial charge in [-0.2, -0.15) is 0 Å². The minimum atomic E-state index is -0.605. The Labute approximate surface area is 194 Å². The van der Waals surface area contributed by atoms with Crippen LogP contribution in [0, 0.1) is 0 Å². The van der Waals surface area contributed by atoms with Crippen LogP contribution in [0.1, 0.15) is 50.5 Å². The minimum absolute atomic E-state index is 0.00601. The fourth-order valence-corrected chi connectivity index (χ4v) is 5.43. The van der Waals surface area contributed by atoms with Crippen molar-refractivity contribution in [2.24, 2.45) is 0 Å². The van der Waals surface area contributed by atoms with Crippen molar-refractivity contribution in [3.63, 3.8) is 0 Å². The van der Waals surface area contributed by atoms with Crippen molar-refractivity contribution in [3.05, 3.63) is 58.1 Å². The van der Waals surface area contributed by atoms with Crippen LogP contribution < -0.4 is 10.1 Å². The zero-order chi connectivity index (χ0) is 21.7. The predicted molar refractivity (Wildman–Crippen MR) is 127 cm³/mol. The summed E-state index contributed by atoms with van der Waals surface area (Å²) >= 11 is 12.6. The van der Waals surface area contributed by atoms with Crippen LogP contribution in [-0.2, 0) is 10.2 Å². The van der Waals surface area contributed by atoms with Crippen LogP contribution in [0.2, 0.25) is 10.0 Å². The number of nitrogens with one attached hydrogen (secondary N) is 1. The number of halogens is 2. The van der Waals surface area contributed by atoms with E-state index in [1.54, 1.807) is 6.07 Å². The number of amides is 1. The Balaban J connectivity index is 1.35. The highest BCUT2D eigenvalue weighted by Crippen LogP contribution is 2.45. The lowest BCUT2D eigenvalue weighted by molar-refractivity contribution is -0.121. The van der Waals surface area contributed by atoms with Crippen molar-refractivity contribution >= 4 is 34.8 Å². The van der Waals surface area contributed by atoms with E-state index in [9.17, 15) is 4.79 Å². The fourth-order valence-electron chi connectivity index (χ4n) is 4.84. The Morgan fingerprint density at radius 3 is 2.39 bits per heavy atom. The van der Waals surface area contributed by atoms with Crippen LogP contribution in [0.3, 0.4) is 0 Å². The van der Waals surface area contributed by atoms with Gasteiger partial charge in [0.05, 0.1) is 12.0 Å². The third-order valence-corrected chi connectivity index (χ3v) is 7.08. The molecule has 1 saturated heterocycles. The third-order valence-electron chi connectivity index (χ3n) is 6.54. The second kappa shape index (κ2) is 10.2. The number of ether oxygens (including phenoxy) is 1. The predicted octanol–water partition coefficient (Wildman–Crippen LogP) is 6.31. The molecule has 4 nitrogen and oxygen atoms in total. The summed E-state index contributed by atoms with van der Waals surface area (Å²) in [6, 6.07) is 13.1. The number of carbonyl (C=O) groups excluding carboxylic acids is 1. The van der Waals surface area contributed by atoms with E-state index in [1.165, 1.54) is 25.9 Å². The van der Waals surface area contributed by atoms with Crippen LogP contribution in [0.5, 0.6) is 5.75 Å². The number of anilines is 1. The first kappa shape index (κ1) is 22.4. The molecule has 0 atom stereocenters. The van der Waals surface area contributed by atoms with E-state index in [0.717, 1.165) is 55.6 Å². The van der Waals surface area contributed by atoms with Crippen molar-refractivity contribution in [1.82, 2.24) is 4.90 Å². The van der Waals surface area contributed by atoms with Crippen molar-refractivity contribution < 1.29 is 9.53 Å². The number of hydrogen-bond donors (Lipinski definition) is 1. The van der Waals surface area contributed by atoms with Gasteiger partial charge in [0.1, 0.15) is 5.75 Å². The Kier molecular flexibility index (Phi) is 7.42. The molecule has 1 aliphatic heterocycles. The normalized spacial score (nSPS) is 18.3. The molecule has 1 heterocycles. The van der Waals surface area contributed by atoms with Gasteiger partial charge in [0.25, 0.3) is 0 Å². The molecular formula is C25H30Cl2N2O2. The number of hydrogen-bond acceptors (Lipinski definition) is 3. The quantitative estimate of drug-likeness (QED) is 0.469. The number of likely N-dealkylation sites (tertiary alicyclic amines) is 1. The summed E-state index contributed by atoms with van der Waals surface area (Å²) in [7, 11) is 0. The lowest BCUT2D eigenvalue weighted by atomic mass is 9.78. The number of benzene rings is 2. The van der Waals surface area contributed by atoms with Crippen molar-refractivity contribution in [1.29, 1.82) is 0 Å². The molecular weight excluding hydrogens is 431 g/mol. The Morgan fingerprint density at radius 2 is 1.71 bits per heavy atom. The van der Waals surface area contributed by atoms with Gasteiger partial charge in [-0.15, -0.1) is 0 Å². The molecule has 2 aromatic carbocycles. The molecule has 0 radical (unpaired) electrons. The Bertz CT molecular complexity index is 889. The maximum atomic E-state index is 13.4. The molecule has 0 spiro atoms. The topological polar surface area (TPSA) is 41.6 Å². The summed E-state index contributed by atoms with van der Waals surface area (Å²) < 4.78 is 5.87. The molecule has 0 aromatic heterocycles. The van der Waals surface area contributed by atoms with Crippen LogP contribution in [-0.4, -0.2) is 37.0 Å². The first-order valence-corrected chi connectivity index (χ1v) is 12.0. The van der Waals surface area contributed by atoms with E-state index in [-0.39, 0.29) is 5.91 Å². The van der Waals surface area contributed by atoms with Gasteiger partial charge >= 0.3 is 0 Å². The highest BCUT2D eigenvalue weighted by Gasteiger charge is 2.44. The second-order valence-electron chi connectivity index (χ2n) is 8.64. The van der Waals surface area contributed by atoms with Crippen molar-refractivity contribution in [2.75, 3.05) is 31.6 Å². The van der Waals surface area contributed by atoms with Crippen LogP contribution in [0.25, 0.3) is 0 Å². The summed E-state index contributed by atoms with van der Waals surface area (Å²) in [5.41, 5.74) is 1.03. The highest BCUT2D eigenvalue weighted by molar-refractivity contribution is 6.35. The molecule has 1 N–H and O–H groups in total. The molecule has 0 unspecified atom stereocenters. The minimum Gasteiger partial charge on any atom is -0.494 e. The summed E-state index contributed by atoms with van der Waals surface area (Å²) in [4.78, 5) is 15.9. The number of rotatable bonds is 8. The first-order valence-electron chi connectivity index (χ1n) is 11.3.